The van der Waals surface area contributed by atoms with Crippen LogP contribution in [0.3, 0.4) is 0 Å². The van der Waals surface area contributed by atoms with Gasteiger partial charge in [0.25, 0.3) is 0 Å². The molecule has 0 aliphatic heterocycles. The largest absolute Gasteiger partial charge is 0.469 e. The van der Waals surface area contributed by atoms with Crippen LogP contribution >= 0.6 is 0 Å². The zero-order valence-electron chi connectivity index (χ0n) is 9.55. The maximum Gasteiger partial charge on any atom is 0.163 e. The van der Waals surface area contributed by atoms with Crippen LogP contribution in [0.1, 0.15) is 18.4 Å². The van der Waals surface area contributed by atoms with E-state index in [1.165, 1.54) is 0 Å². The van der Waals surface area contributed by atoms with Crippen molar-refractivity contribution in [2.24, 2.45) is 0 Å². The van der Waals surface area contributed by atoms with E-state index in [4.69, 9.17) is 9.68 Å². The van der Waals surface area contributed by atoms with Crippen molar-refractivity contribution in [2.75, 3.05) is 5.32 Å². The molecular formula is C13H13N3O. The van der Waals surface area contributed by atoms with Gasteiger partial charge in [0.1, 0.15) is 11.8 Å². The number of anilines is 1. The van der Waals surface area contributed by atoms with Crippen LogP contribution in [-0.4, -0.2) is 11.0 Å². The van der Waals surface area contributed by atoms with E-state index in [1.807, 2.05) is 31.2 Å². The van der Waals surface area contributed by atoms with Crippen LogP contribution in [0.4, 0.5) is 5.69 Å². The molecule has 0 saturated carbocycles. The molecular weight excluding hydrogens is 214 g/mol. The molecule has 0 saturated heterocycles. The van der Waals surface area contributed by atoms with Crippen LogP contribution in [0, 0.1) is 11.3 Å². The van der Waals surface area contributed by atoms with Crippen molar-refractivity contribution in [3.8, 4) is 6.07 Å². The monoisotopic (exact) mass is 227 g/mol. The van der Waals surface area contributed by atoms with Crippen molar-refractivity contribution >= 4 is 5.69 Å². The van der Waals surface area contributed by atoms with Gasteiger partial charge in [-0.05, 0) is 31.2 Å². The zero-order valence-corrected chi connectivity index (χ0v) is 9.55. The summed E-state index contributed by atoms with van der Waals surface area (Å²) in [6, 6.07) is 9.71. The third kappa shape index (κ3) is 2.85. The van der Waals surface area contributed by atoms with E-state index < -0.39 is 0 Å². The summed E-state index contributed by atoms with van der Waals surface area (Å²) in [6.07, 6.45) is 4.04. The maximum atomic E-state index is 8.92. The predicted octanol–water partition coefficient (Wildman–Crippen LogP) is 2.59. The van der Waals surface area contributed by atoms with Gasteiger partial charge in [-0.3, -0.25) is 0 Å². The van der Waals surface area contributed by atoms with Gasteiger partial charge in [-0.15, -0.1) is 0 Å². The number of nitriles is 1. The molecule has 2 heterocycles. The summed E-state index contributed by atoms with van der Waals surface area (Å²) in [5, 5.41) is 12.2. The fourth-order valence-corrected chi connectivity index (χ4v) is 1.66. The van der Waals surface area contributed by atoms with Gasteiger partial charge in [0, 0.05) is 18.7 Å². The van der Waals surface area contributed by atoms with E-state index in [2.05, 4.69) is 16.4 Å². The first kappa shape index (κ1) is 11.2. The summed E-state index contributed by atoms with van der Waals surface area (Å²) in [5.74, 6) is 0.924. The molecule has 0 radical (unpaired) electrons. The van der Waals surface area contributed by atoms with Crippen LogP contribution in [0.25, 0.3) is 0 Å². The minimum atomic E-state index is 0.178. The van der Waals surface area contributed by atoms with Crippen molar-refractivity contribution in [1.82, 2.24) is 4.98 Å². The SMILES string of the molecule is CC(Cc1ccco1)Nc1cccnc1C#N. The van der Waals surface area contributed by atoms with E-state index in [-0.39, 0.29) is 6.04 Å². The summed E-state index contributed by atoms with van der Waals surface area (Å²) in [7, 11) is 0. The minimum absolute atomic E-state index is 0.178. The summed E-state index contributed by atoms with van der Waals surface area (Å²) in [6.45, 7) is 2.04. The van der Waals surface area contributed by atoms with E-state index >= 15 is 0 Å². The van der Waals surface area contributed by atoms with Crippen molar-refractivity contribution in [1.29, 1.82) is 5.26 Å². The number of furan rings is 1. The third-order valence-corrected chi connectivity index (χ3v) is 2.40. The van der Waals surface area contributed by atoms with Gasteiger partial charge in [0.05, 0.1) is 12.0 Å². The van der Waals surface area contributed by atoms with Gasteiger partial charge >= 0.3 is 0 Å². The van der Waals surface area contributed by atoms with Gasteiger partial charge in [-0.1, -0.05) is 0 Å². The topological polar surface area (TPSA) is 61.9 Å². The van der Waals surface area contributed by atoms with E-state index in [0.717, 1.165) is 17.9 Å². The molecule has 2 aromatic rings. The van der Waals surface area contributed by atoms with Crippen LogP contribution in [-0.2, 0) is 6.42 Å². The average molecular weight is 227 g/mol. The van der Waals surface area contributed by atoms with E-state index in [1.54, 1.807) is 12.5 Å². The third-order valence-electron chi connectivity index (χ3n) is 2.40. The molecule has 0 aliphatic rings. The highest BCUT2D eigenvalue weighted by atomic mass is 16.3. The molecule has 86 valence electrons. The van der Waals surface area contributed by atoms with Crippen molar-refractivity contribution in [3.63, 3.8) is 0 Å². The fourth-order valence-electron chi connectivity index (χ4n) is 1.66. The molecule has 0 aromatic carbocycles. The lowest BCUT2D eigenvalue weighted by Crippen LogP contribution is -2.18. The minimum Gasteiger partial charge on any atom is -0.469 e. The second-order valence-electron chi connectivity index (χ2n) is 3.84. The molecule has 17 heavy (non-hydrogen) atoms. The Kier molecular flexibility index (Phi) is 3.41. The van der Waals surface area contributed by atoms with Gasteiger partial charge in [-0.2, -0.15) is 5.26 Å². The normalized spacial score (nSPS) is 11.8. The van der Waals surface area contributed by atoms with Gasteiger partial charge in [0.2, 0.25) is 0 Å². The standard InChI is InChI=1S/C13H13N3O/c1-10(8-11-4-3-7-17-11)16-12-5-2-6-15-13(12)9-14/h2-7,10,16H,8H2,1H3. The number of hydrogen-bond acceptors (Lipinski definition) is 4. The Morgan fingerprint density at radius 1 is 1.47 bits per heavy atom. The van der Waals surface area contributed by atoms with Crippen LogP contribution in [0.2, 0.25) is 0 Å². The number of hydrogen-bond donors (Lipinski definition) is 1. The second kappa shape index (κ2) is 5.17. The van der Waals surface area contributed by atoms with Crippen molar-refractivity contribution in [3.05, 3.63) is 48.2 Å². The summed E-state index contributed by atoms with van der Waals surface area (Å²) in [4.78, 5) is 4.00. The Hall–Kier alpha value is -2.28. The molecule has 0 fully saturated rings. The summed E-state index contributed by atoms with van der Waals surface area (Å²) >= 11 is 0. The molecule has 0 aliphatic carbocycles. The van der Waals surface area contributed by atoms with Crippen LogP contribution in [0.15, 0.2) is 41.1 Å². The molecule has 4 nitrogen and oxygen atoms in total. The molecule has 0 bridgehead atoms. The van der Waals surface area contributed by atoms with Gasteiger partial charge in [0.15, 0.2) is 5.69 Å². The zero-order chi connectivity index (χ0) is 12.1. The molecule has 0 amide bonds. The highest BCUT2D eigenvalue weighted by molar-refractivity contribution is 5.53. The Morgan fingerprint density at radius 2 is 2.35 bits per heavy atom. The first-order valence-corrected chi connectivity index (χ1v) is 5.43. The lowest BCUT2D eigenvalue weighted by Gasteiger charge is -2.14. The Labute approximate surface area is 99.9 Å². The van der Waals surface area contributed by atoms with Crippen LogP contribution in [0.5, 0.6) is 0 Å². The average Bonchev–Trinajstić information content (AvgIpc) is 2.82. The summed E-state index contributed by atoms with van der Waals surface area (Å²) < 4.78 is 5.28. The van der Waals surface area contributed by atoms with Gasteiger partial charge < -0.3 is 9.73 Å². The molecule has 1 unspecified atom stereocenters. The first-order valence-electron chi connectivity index (χ1n) is 5.43. The molecule has 2 aromatic heterocycles. The predicted molar refractivity (Wildman–Crippen MR) is 64.4 cm³/mol. The molecule has 1 N–H and O–H groups in total. The lowest BCUT2D eigenvalue weighted by molar-refractivity contribution is 0.497. The van der Waals surface area contributed by atoms with Crippen molar-refractivity contribution in [2.45, 2.75) is 19.4 Å². The number of rotatable bonds is 4. The van der Waals surface area contributed by atoms with Gasteiger partial charge in [-0.25, -0.2) is 4.98 Å². The Morgan fingerprint density at radius 3 is 3.06 bits per heavy atom. The van der Waals surface area contributed by atoms with E-state index in [0.29, 0.717) is 5.69 Å². The number of aromatic nitrogens is 1. The molecule has 1 atom stereocenters. The highest BCUT2D eigenvalue weighted by Gasteiger charge is 2.08. The molecule has 0 spiro atoms. The Balaban J connectivity index is 2.03. The second-order valence-corrected chi connectivity index (χ2v) is 3.84. The molecule has 4 heteroatoms. The molecule has 2 rings (SSSR count). The quantitative estimate of drug-likeness (QED) is 0.872. The lowest BCUT2D eigenvalue weighted by atomic mass is 10.2. The smallest absolute Gasteiger partial charge is 0.163 e. The number of nitrogens with one attached hydrogen (secondary N) is 1. The van der Waals surface area contributed by atoms with Crippen LogP contribution < -0.4 is 5.32 Å². The maximum absolute atomic E-state index is 8.92. The summed E-state index contributed by atoms with van der Waals surface area (Å²) in [5.41, 5.74) is 1.17. The number of nitrogens with zero attached hydrogens (tertiary/aromatic N) is 2. The number of pyridine rings is 1. The fraction of sp³-hybridized carbons (Fsp3) is 0.231. The Bertz CT molecular complexity index is 514. The highest BCUT2D eigenvalue weighted by Crippen LogP contribution is 2.14. The van der Waals surface area contributed by atoms with E-state index in [9.17, 15) is 0 Å². The van der Waals surface area contributed by atoms with Crippen molar-refractivity contribution < 1.29 is 4.42 Å². The first-order chi connectivity index (χ1) is 8.29.